The number of anilines is 1. The molecule has 0 saturated heterocycles. The molecule has 0 atom stereocenters. The molecule has 110 valence electrons. The zero-order valence-electron chi connectivity index (χ0n) is 12.3. The van der Waals surface area contributed by atoms with Crippen LogP contribution in [0.5, 0.6) is 0 Å². The van der Waals surface area contributed by atoms with E-state index >= 15 is 0 Å². The van der Waals surface area contributed by atoms with E-state index in [1.54, 1.807) is 25.2 Å². The fraction of sp³-hybridized carbons (Fsp3) is 0.467. The quantitative estimate of drug-likeness (QED) is 0.751. The first-order chi connectivity index (χ1) is 9.58. The van der Waals surface area contributed by atoms with Crippen molar-refractivity contribution >= 4 is 17.5 Å². The Bertz CT molecular complexity index is 472. The van der Waals surface area contributed by atoms with Crippen LogP contribution >= 0.6 is 0 Å². The van der Waals surface area contributed by atoms with Gasteiger partial charge in [0.1, 0.15) is 6.61 Å². The number of hydrogen-bond donors (Lipinski definition) is 2. The first-order valence-electron chi connectivity index (χ1n) is 6.78. The number of carbonyl (C=O) groups excluding carboxylic acids is 2. The van der Waals surface area contributed by atoms with Gasteiger partial charge in [0.2, 0.25) is 5.91 Å². The van der Waals surface area contributed by atoms with Crippen molar-refractivity contribution in [1.82, 2.24) is 5.32 Å². The zero-order chi connectivity index (χ0) is 15.0. The van der Waals surface area contributed by atoms with Crippen LogP contribution in [-0.4, -0.2) is 32.1 Å². The second kappa shape index (κ2) is 8.32. The lowest BCUT2D eigenvalue weighted by Gasteiger charge is -2.10. The van der Waals surface area contributed by atoms with Gasteiger partial charge in [-0.15, -0.1) is 0 Å². The smallest absolute Gasteiger partial charge is 0.251 e. The van der Waals surface area contributed by atoms with Crippen LogP contribution in [-0.2, 0) is 9.53 Å². The van der Waals surface area contributed by atoms with Crippen LogP contribution in [0.2, 0.25) is 0 Å². The molecule has 0 unspecified atom stereocenters. The van der Waals surface area contributed by atoms with Gasteiger partial charge in [-0.3, -0.25) is 9.59 Å². The maximum Gasteiger partial charge on any atom is 0.251 e. The monoisotopic (exact) mass is 278 g/mol. The third kappa shape index (κ3) is 5.01. The highest BCUT2D eigenvalue weighted by Crippen LogP contribution is 2.16. The van der Waals surface area contributed by atoms with Gasteiger partial charge in [0.15, 0.2) is 0 Å². The van der Waals surface area contributed by atoms with Crippen molar-refractivity contribution in [2.24, 2.45) is 0 Å². The van der Waals surface area contributed by atoms with Crippen LogP contribution in [0.4, 0.5) is 5.69 Å². The van der Waals surface area contributed by atoms with Crippen LogP contribution in [0.1, 0.15) is 35.7 Å². The van der Waals surface area contributed by atoms with Crippen molar-refractivity contribution in [1.29, 1.82) is 0 Å². The molecule has 0 radical (unpaired) electrons. The number of nitrogens with one attached hydrogen (secondary N) is 2. The molecular formula is C15H22N2O3. The Hall–Kier alpha value is -1.88. The summed E-state index contributed by atoms with van der Waals surface area (Å²) in [6.45, 7) is 4.57. The minimum atomic E-state index is -0.183. The van der Waals surface area contributed by atoms with E-state index in [1.165, 1.54) is 0 Å². The summed E-state index contributed by atoms with van der Waals surface area (Å²) in [5.41, 5.74) is 2.11. The van der Waals surface area contributed by atoms with Gasteiger partial charge < -0.3 is 15.4 Å². The molecule has 0 aromatic heterocycles. The molecule has 1 aromatic carbocycles. The largest absolute Gasteiger partial charge is 0.372 e. The van der Waals surface area contributed by atoms with E-state index in [1.807, 2.05) is 6.92 Å². The highest BCUT2D eigenvalue weighted by atomic mass is 16.5. The minimum absolute atomic E-state index is 0.0522. The van der Waals surface area contributed by atoms with Gasteiger partial charge >= 0.3 is 0 Å². The fourth-order valence-electron chi connectivity index (χ4n) is 1.69. The maximum atomic E-state index is 11.7. The van der Waals surface area contributed by atoms with E-state index < -0.39 is 0 Å². The van der Waals surface area contributed by atoms with Crippen molar-refractivity contribution < 1.29 is 14.3 Å². The van der Waals surface area contributed by atoms with Crippen molar-refractivity contribution in [3.05, 3.63) is 29.3 Å². The Morgan fingerprint density at radius 2 is 2.05 bits per heavy atom. The number of hydrogen-bond acceptors (Lipinski definition) is 3. The molecule has 0 bridgehead atoms. The van der Waals surface area contributed by atoms with E-state index in [9.17, 15) is 9.59 Å². The average molecular weight is 278 g/mol. The standard InChI is InChI=1S/C15H22N2O3/c1-4-5-8-20-10-14(18)17-13-7-6-12(9-11(13)2)15(19)16-3/h6-7,9H,4-5,8,10H2,1-3H3,(H,16,19)(H,17,18). The number of aryl methyl sites for hydroxylation is 1. The van der Waals surface area contributed by atoms with Crippen molar-refractivity contribution in [3.63, 3.8) is 0 Å². The summed E-state index contributed by atoms with van der Waals surface area (Å²) in [7, 11) is 1.58. The van der Waals surface area contributed by atoms with Crippen LogP contribution in [0.15, 0.2) is 18.2 Å². The first-order valence-corrected chi connectivity index (χ1v) is 6.78. The number of rotatable bonds is 7. The first kappa shape index (κ1) is 16.2. The van der Waals surface area contributed by atoms with Crippen LogP contribution in [0.3, 0.4) is 0 Å². The lowest BCUT2D eigenvalue weighted by molar-refractivity contribution is -0.120. The van der Waals surface area contributed by atoms with E-state index in [0.29, 0.717) is 17.9 Å². The second-order valence-corrected chi connectivity index (χ2v) is 4.56. The Labute approximate surface area is 119 Å². The van der Waals surface area contributed by atoms with E-state index in [-0.39, 0.29) is 18.4 Å². The predicted octanol–water partition coefficient (Wildman–Crippen LogP) is 2.11. The van der Waals surface area contributed by atoms with E-state index in [4.69, 9.17) is 4.74 Å². The molecule has 0 spiro atoms. The normalized spacial score (nSPS) is 10.2. The van der Waals surface area contributed by atoms with Gasteiger partial charge in [-0.25, -0.2) is 0 Å². The summed E-state index contributed by atoms with van der Waals surface area (Å²) in [5, 5.41) is 5.34. The van der Waals surface area contributed by atoms with Gasteiger partial charge in [-0.2, -0.15) is 0 Å². The lowest BCUT2D eigenvalue weighted by atomic mass is 10.1. The molecule has 2 amide bonds. The Morgan fingerprint density at radius 3 is 2.65 bits per heavy atom. The molecule has 0 heterocycles. The van der Waals surface area contributed by atoms with Crippen molar-refractivity contribution in [2.45, 2.75) is 26.7 Å². The molecule has 5 nitrogen and oxygen atoms in total. The summed E-state index contributed by atoms with van der Waals surface area (Å²) in [6.07, 6.45) is 1.99. The molecule has 0 aliphatic rings. The molecular weight excluding hydrogens is 256 g/mol. The van der Waals surface area contributed by atoms with Crippen molar-refractivity contribution in [3.8, 4) is 0 Å². The maximum absolute atomic E-state index is 11.7. The molecule has 0 aliphatic heterocycles. The zero-order valence-corrected chi connectivity index (χ0v) is 12.3. The SMILES string of the molecule is CCCCOCC(=O)Nc1ccc(C(=O)NC)cc1C. The summed E-state index contributed by atoms with van der Waals surface area (Å²) >= 11 is 0. The molecule has 0 aliphatic carbocycles. The van der Waals surface area contributed by atoms with E-state index in [0.717, 1.165) is 18.4 Å². The second-order valence-electron chi connectivity index (χ2n) is 4.56. The highest BCUT2D eigenvalue weighted by Gasteiger charge is 2.08. The number of amides is 2. The van der Waals surface area contributed by atoms with Gasteiger partial charge in [-0.05, 0) is 37.1 Å². The van der Waals surface area contributed by atoms with E-state index in [2.05, 4.69) is 17.6 Å². The predicted molar refractivity (Wildman–Crippen MR) is 78.9 cm³/mol. The van der Waals surface area contributed by atoms with Gasteiger partial charge in [0.05, 0.1) is 0 Å². The topological polar surface area (TPSA) is 67.4 Å². The molecule has 0 saturated carbocycles. The number of carbonyl (C=O) groups is 2. The third-order valence-electron chi connectivity index (χ3n) is 2.87. The highest BCUT2D eigenvalue weighted by molar-refractivity contribution is 5.96. The summed E-state index contributed by atoms with van der Waals surface area (Å²) in [5.74, 6) is -0.328. The summed E-state index contributed by atoms with van der Waals surface area (Å²) in [6, 6.07) is 5.15. The summed E-state index contributed by atoms with van der Waals surface area (Å²) < 4.78 is 5.25. The minimum Gasteiger partial charge on any atom is -0.372 e. The van der Waals surface area contributed by atoms with Crippen molar-refractivity contribution in [2.75, 3.05) is 25.6 Å². The fourth-order valence-corrected chi connectivity index (χ4v) is 1.69. The lowest BCUT2D eigenvalue weighted by Crippen LogP contribution is -2.20. The van der Waals surface area contributed by atoms with Gasteiger partial charge in [0, 0.05) is 24.9 Å². The third-order valence-corrected chi connectivity index (χ3v) is 2.87. The molecule has 20 heavy (non-hydrogen) atoms. The molecule has 1 rings (SSSR count). The number of ether oxygens (including phenoxy) is 1. The summed E-state index contributed by atoms with van der Waals surface area (Å²) in [4.78, 5) is 23.2. The molecule has 0 fully saturated rings. The van der Waals surface area contributed by atoms with Crippen LogP contribution in [0.25, 0.3) is 0 Å². The van der Waals surface area contributed by atoms with Crippen LogP contribution in [0, 0.1) is 6.92 Å². The average Bonchev–Trinajstić information content (AvgIpc) is 2.45. The number of unbranched alkanes of at least 4 members (excludes halogenated alkanes) is 1. The number of benzene rings is 1. The molecule has 2 N–H and O–H groups in total. The molecule has 5 heteroatoms. The Morgan fingerprint density at radius 1 is 1.30 bits per heavy atom. The van der Waals surface area contributed by atoms with Crippen LogP contribution < -0.4 is 10.6 Å². The van der Waals surface area contributed by atoms with Gasteiger partial charge in [-0.1, -0.05) is 13.3 Å². The molecule has 1 aromatic rings. The Kier molecular flexibility index (Phi) is 6.73. The van der Waals surface area contributed by atoms with Gasteiger partial charge in [0.25, 0.3) is 5.91 Å². The Balaban J connectivity index is 2.55.